The van der Waals surface area contributed by atoms with Crippen LogP contribution in [0.3, 0.4) is 0 Å². The van der Waals surface area contributed by atoms with Gasteiger partial charge in [-0.15, -0.1) is 0 Å². The molecule has 23 heavy (non-hydrogen) atoms. The Labute approximate surface area is 145 Å². The number of urea groups is 1. The standard InChI is InChI=1S/C14H10Cl2N4O2S/c15-9-3-10(16)5-11(4-9)18-14(21)17-6-12-19-13(20-22-12)8-1-2-23-7-8/h1-5,7H,6H2,(H2,17,18,21). The van der Waals surface area contributed by atoms with Gasteiger partial charge in [-0.2, -0.15) is 16.3 Å². The van der Waals surface area contributed by atoms with Crippen molar-refractivity contribution >= 4 is 46.3 Å². The molecule has 0 aliphatic heterocycles. The summed E-state index contributed by atoms with van der Waals surface area (Å²) in [5.41, 5.74) is 1.37. The van der Waals surface area contributed by atoms with Crippen LogP contribution in [0.1, 0.15) is 5.89 Å². The van der Waals surface area contributed by atoms with Gasteiger partial charge in [0.1, 0.15) is 0 Å². The number of carbonyl (C=O) groups excluding carboxylic acids is 1. The topological polar surface area (TPSA) is 80.1 Å². The van der Waals surface area contributed by atoms with E-state index in [-0.39, 0.29) is 6.54 Å². The molecule has 2 aromatic heterocycles. The summed E-state index contributed by atoms with van der Waals surface area (Å²) in [6, 6.07) is 6.22. The van der Waals surface area contributed by atoms with Gasteiger partial charge in [0.15, 0.2) is 0 Å². The number of carbonyl (C=O) groups is 1. The molecule has 0 aliphatic carbocycles. The minimum atomic E-state index is -0.432. The van der Waals surface area contributed by atoms with E-state index in [0.717, 1.165) is 5.56 Å². The Bertz CT molecular complexity index is 800. The van der Waals surface area contributed by atoms with E-state index in [1.54, 1.807) is 29.5 Å². The van der Waals surface area contributed by atoms with Gasteiger partial charge in [-0.25, -0.2) is 4.79 Å². The van der Waals surface area contributed by atoms with Crippen LogP contribution in [0.15, 0.2) is 39.5 Å². The maximum atomic E-state index is 11.8. The molecule has 0 atom stereocenters. The third kappa shape index (κ3) is 4.22. The van der Waals surface area contributed by atoms with Crippen molar-refractivity contribution in [2.75, 3.05) is 5.32 Å². The minimum Gasteiger partial charge on any atom is -0.337 e. The average Bonchev–Trinajstić information content (AvgIpc) is 3.15. The highest BCUT2D eigenvalue weighted by Gasteiger charge is 2.10. The number of halogens is 2. The SMILES string of the molecule is O=C(NCc1nc(-c2ccsc2)no1)Nc1cc(Cl)cc(Cl)c1. The number of hydrogen-bond acceptors (Lipinski definition) is 5. The summed E-state index contributed by atoms with van der Waals surface area (Å²) in [6.07, 6.45) is 0. The Morgan fingerprint density at radius 2 is 2.04 bits per heavy atom. The lowest BCUT2D eigenvalue weighted by Crippen LogP contribution is -2.28. The lowest BCUT2D eigenvalue weighted by molar-refractivity contribution is 0.249. The molecule has 2 heterocycles. The van der Waals surface area contributed by atoms with Crippen LogP contribution >= 0.6 is 34.5 Å². The molecule has 2 N–H and O–H groups in total. The average molecular weight is 369 g/mol. The molecule has 9 heteroatoms. The molecule has 0 spiro atoms. The van der Waals surface area contributed by atoms with Gasteiger partial charge >= 0.3 is 6.03 Å². The second-order valence-electron chi connectivity index (χ2n) is 4.49. The van der Waals surface area contributed by atoms with E-state index < -0.39 is 6.03 Å². The monoisotopic (exact) mass is 368 g/mol. The maximum absolute atomic E-state index is 11.8. The van der Waals surface area contributed by atoms with Crippen molar-refractivity contribution < 1.29 is 9.32 Å². The summed E-state index contributed by atoms with van der Waals surface area (Å²) in [5, 5.41) is 13.8. The lowest BCUT2D eigenvalue weighted by Gasteiger charge is -2.06. The van der Waals surface area contributed by atoms with Crippen molar-refractivity contribution in [3.8, 4) is 11.4 Å². The van der Waals surface area contributed by atoms with Crippen LogP contribution in [-0.2, 0) is 6.54 Å². The fraction of sp³-hybridized carbons (Fsp3) is 0.0714. The molecule has 118 valence electrons. The lowest BCUT2D eigenvalue weighted by atomic mass is 10.3. The third-order valence-electron chi connectivity index (χ3n) is 2.77. The molecule has 1 aromatic carbocycles. The number of anilines is 1. The van der Waals surface area contributed by atoms with Gasteiger partial charge in [0.2, 0.25) is 11.7 Å². The van der Waals surface area contributed by atoms with Gasteiger partial charge in [-0.05, 0) is 29.6 Å². The van der Waals surface area contributed by atoms with E-state index in [4.69, 9.17) is 27.7 Å². The quantitative estimate of drug-likeness (QED) is 0.713. The van der Waals surface area contributed by atoms with Crippen LogP contribution in [0, 0.1) is 0 Å². The molecule has 0 unspecified atom stereocenters. The molecule has 0 radical (unpaired) electrons. The fourth-order valence-electron chi connectivity index (χ4n) is 1.79. The van der Waals surface area contributed by atoms with E-state index in [1.807, 2.05) is 16.8 Å². The number of hydrogen-bond donors (Lipinski definition) is 2. The van der Waals surface area contributed by atoms with Gasteiger partial charge in [-0.3, -0.25) is 0 Å². The van der Waals surface area contributed by atoms with E-state index in [1.165, 1.54) is 0 Å². The third-order valence-corrected chi connectivity index (χ3v) is 3.89. The highest BCUT2D eigenvalue weighted by Crippen LogP contribution is 2.22. The first-order chi connectivity index (χ1) is 11.1. The van der Waals surface area contributed by atoms with E-state index in [0.29, 0.717) is 27.4 Å². The van der Waals surface area contributed by atoms with Crippen LogP contribution in [0.2, 0.25) is 10.0 Å². The van der Waals surface area contributed by atoms with Crippen molar-refractivity contribution in [2.24, 2.45) is 0 Å². The number of nitrogens with one attached hydrogen (secondary N) is 2. The molecule has 0 bridgehead atoms. The van der Waals surface area contributed by atoms with E-state index in [2.05, 4.69) is 20.8 Å². The fourth-order valence-corrected chi connectivity index (χ4v) is 2.95. The zero-order valence-electron chi connectivity index (χ0n) is 11.5. The summed E-state index contributed by atoms with van der Waals surface area (Å²) in [5.74, 6) is 0.801. The van der Waals surface area contributed by atoms with Crippen LogP contribution in [-0.4, -0.2) is 16.2 Å². The summed E-state index contributed by atoms with van der Waals surface area (Å²) >= 11 is 13.3. The number of benzene rings is 1. The largest absolute Gasteiger partial charge is 0.337 e. The first kappa shape index (κ1) is 15.8. The summed E-state index contributed by atoms with van der Waals surface area (Å²) < 4.78 is 5.09. The number of thiophene rings is 1. The molecule has 3 aromatic rings. The number of rotatable bonds is 4. The molecule has 6 nitrogen and oxygen atoms in total. The minimum absolute atomic E-state index is 0.108. The summed E-state index contributed by atoms with van der Waals surface area (Å²) in [6.45, 7) is 0.108. The molecular formula is C14H10Cl2N4O2S. The van der Waals surface area contributed by atoms with Crippen LogP contribution in [0.5, 0.6) is 0 Å². The zero-order chi connectivity index (χ0) is 16.2. The van der Waals surface area contributed by atoms with Crippen LogP contribution in [0.4, 0.5) is 10.5 Å². The Balaban J connectivity index is 1.57. The second-order valence-corrected chi connectivity index (χ2v) is 6.14. The molecular weight excluding hydrogens is 359 g/mol. The van der Waals surface area contributed by atoms with Crippen LogP contribution in [0.25, 0.3) is 11.4 Å². The van der Waals surface area contributed by atoms with Crippen molar-refractivity contribution in [3.63, 3.8) is 0 Å². The highest BCUT2D eigenvalue weighted by molar-refractivity contribution is 7.08. The first-order valence-electron chi connectivity index (χ1n) is 6.46. The van der Waals surface area contributed by atoms with Crippen molar-refractivity contribution in [1.82, 2.24) is 15.5 Å². The van der Waals surface area contributed by atoms with Gasteiger partial charge < -0.3 is 15.2 Å². The Hall–Kier alpha value is -2.09. The van der Waals surface area contributed by atoms with Crippen molar-refractivity contribution in [3.05, 3.63) is 51.0 Å². The smallest absolute Gasteiger partial charge is 0.319 e. The van der Waals surface area contributed by atoms with Gasteiger partial charge in [-0.1, -0.05) is 28.4 Å². The van der Waals surface area contributed by atoms with Gasteiger partial charge in [0.05, 0.1) is 6.54 Å². The highest BCUT2D eigenvalue weighted by atomic mass is 35.5. The number of aromatic nitrogens is 2. The van der Waals surface area contributed by atoms with E-state index in [9.17, 15) is 4.79 Å². The Morgan fingerprint density at radius 3 is 2.74 bits per heavy atom. The van der Waals surface area contributed by atoms with Crippen molar-refractivity contribution in [2.45, 2.75) is 6.54 Å². The van der Waals surface area contributed by atoms with Crippen LogP contribution < -0.4 is 10.6 Å². The molecule has 3 rings (SSSR count). The molecule has 0 saturated carbocycles. The predicted molar refractivity (Wildman–Crippen MR) is 89.9 cm³/mol. The van der Waals surface area contributed by atoms with Crippen molar-refractivity contribution in [1.29, 1.82) is 0 Å². The first-order valence-corrected chi connectivity index (χ1v) is 8.16. The molecule has 0 aliphatic rings. The number of amides is 2. The normalized spacial score (nSPS) is 10.5. The summed E-state index contributed by atoms with van der Waals surface area (Å²) in [7, 11) is 0. The Kier molecular flexibility index (Phi) is 4.80. The Morgan fingerprint density at radius 1 is 1.26 bits per heavy atom. The molecule has 0 saturated heterocycles. The maximum Gasteiger partial charge on any atom is 0.319 e. The molecule has 2 amide bonds. The molecule has 0 fully saturated rings. The van der Waals surface area contributed by atoms with Gasteiger partial charge in [0.25, 0.3) is 0 Å². The second kappa shape index (κ2) is 6.99. The summed E-state index contributed by atoms with van der Waals surface area (Å²) in [4.78, 5) is 16.1. The number of nitrogens with zero attached hydrogens (tertiary/aromatic N) is 2. The predicted octanol–water partition coefficient (Wildman–Crippen LogP) is 4.43. The van der Waals surface area contributed by atoms with Gasteiger partial charge in [0, 0.05) is 26.7 Å². The zero-order valence-corrected chi connectivity index (χ0v) is 13.9. The van der Waals surface area contributed by atoms with E-state index >= 15 is 0 Å².